The molecule has 2 rings (SSSR count). The van der Waals surface area contributed by atoms with Gasteiger partial charge in [-0.3, -0.25) is 0 Å². The van der Waals surface area contributed by atoms with Crippen LogP contribution in [-0.4, -0.2) is 10.7 Å². The largest absolute Gasteiger partial charge is 0.390 e. The van der Waals surface area contributed by atoms with Gasteiger partial charge in [0, 0.05) is 0 Å². The van der Waals surface area contributed by atoms with Gasteiger partial charge in [0.2, 0.25) is 0 Å². The number of hydrogen-bond donors (Lipinski definition) is 1. The van der Waals surface area contributed by atoms with Crippen LogP contribution in [-0.2, 0) is 0 Å². The quantitative estimate of drug-likeness (QED) is 0.661. The molecule has 0 bridgehead atoms. The first-order valence-corrected chi connectivity index (χ1v) is 5.84. The standard InChI is InChI=1S/C12H22O/c1-9(2)12(13)7-10-5-3-4-6-11(10)8-12/h9-11,13H,3-8H2,1-2H3. The van der Waals surface area contributed by atoms with Gasteiger partial charge in [-0.1, -0.05) is 39.5 Å². The zero-order chi connectivity index (χ0) is 9.47. The number of fused-ring (bicyclic) bond motifs is 1. The molecular weight excluding hydrogens is 160 g/mol. The highest BCUT2D eigenvalue weighted by Gasteiger charge is 2.45. The van der Waals surface area contributed by atoms with Gasteiger partial charge in [0.25, 0.3) is 0 Å². The molecule has 1 nitrogen and oxygen atoms in total. The van der Waals surface area contributed by atoms with Crippen LogP contribution in [0.5, 0.6) is 0 Å². The molecule has 2 fully saturated rings. The van der Waals surface area contributed by atoms with Gasteiger partial charge in [-0.25, -0.2) is 0 Å². The third kappa shape index (κ3) is 1.63. The second kappa shape index (κ2) is 3.27. The van der Waals surface area contributed by atoms with Crippen molar-refractivity contribution < 1.29 is 5.11 Å². The number of hydrogen-bond acceptors (Lipinski definition) is 1. The second-order valence-corrected chi connectivity index (χ2v) is 5.47. The van der Waals surface area contributed by atoms with E-state index in [2.05, 4.69) is 13.8 Å². The molecule has 0 spiro atoms. The lowest BCUT2D eigenvalue weighted by Gasteiger charge is -2.27. The molecule has 0 aromatic heterocycles. The molecule has 0 radical (unpaired) electrons. The molecule has 13 heavy (non-hydrogen) atoms. The first kappa shape index (κ1) is 9.51. The fourth-order valence-corrected chi connectivity index (χ4v) is 3.28. The highest BCUT2D eigenvalue weighted by molar-refractivity contribution is 4.97. The highest BCUT2D eigenvalue weighted by atomic mass is 16.3. The normalized spacial score (nSPS) is 45.2. The van der Waals surface area contributed by atoms with Gasteiger partial charge < -0.3 is 5.11 Å². The van der Waals surface area contributed by atoms with E-state index in [9.17, 15) is 5.11 Å². The van der Waals surface area contributed by atoms with E-state index >= 15 is 0 Å². The summed E-state index contributed by atoms with van der Waals surface area (Å²) in [5.41, 5.74) is -0.320. The van der Waals surface area contributed by atoms with Gasteiger partial charge in [0.05, 0.1) is 5.60 Å². The van der Waals surface area contributed by atoms with Crippen molar-refractivity contribution in [2.75, 3.05) is 0 Å². The molecule has 2 unspecified atom stereocenters. The van der Waals surface area contributed by atoms with E-state index in [1.807, 2.05) is 0 Å². The smallest absolute Gasteiger partial charge is 0.0676 e. The lowest BCUT2D eigenvalue weighted by molar-refractivity contribution is -0.00394. The summed E-state index contributed by atoms with van der Waals surface area (Å²) in [5, 5.41) is 10.4. The maximum atomic E-state index is 10.4. The minimum Gasteiger partial charge on any atom is -0.390 e. The van der Waals surface area contributed by atoms with Gasteiger partial charge in [-0.05, 0) is 30.6 Å². The Morgan fingerprint density at radius 1 is 1.08 bits per heavy atom. The molecule has 1 N–H and O–H groups in total. The first-order valence-electron chi connectivity index (χ1n) is 5.84. The van der Waals surface area contributed by atoms with Crippen molar-refractivity contribution in [3.05, 3.63) is 0 Å². The summed E-state index contributed by atoms with van der Waals surface area (Å²) in [6, 6.07) is 0. The van der Waals surface area contributed by atoms with Crippen LogP contribution in [0.3, 0.4) is 0 Å². The SMILES string of the molecule is CC(C)C1(O)CC2CCCCC2C1. The Hall–Kier alpha value is -0.0400. The van der Waals surface area contributed by atoms with Crippen molar-refractivity contribution in [2.24, 2.45) is 17.8 Å². The van der Waals surface area contributed by atoms with E-state index in [0.29, 0.717) is 5.92 Å². The maximum Gasteiger partial charge on any atom is 0.0676 e. The Labute approximate surface area is 81.5 Å². The van der Waals surface area contributed by atoms with Gasteiger partial charge in [-0.2, -0.15) is 0 Å². The molecule has 2 aliphatic carbocycles. The minimum absolute atomic E-state index is 0.320. The topological polar surface area (TPSA) is 20.2 Å². The molecule has 2 saturated carbocycles. The van der Waals surface area contributed by atoms with Crippen molar-refractivity contribution in [1.82, 2.24) is 0 Å². The predicted molar refractivity (Wildman–Crippen MR) is 54.5 cm³/mol. The lowest BCUT2D eigenvalue weighted by Crippen LogP contribution is -2.31. The average molecular weight is 182 g/mol. The van der Waals surface area contributed by atoms with E-state index in [1.54, 1.807) is 0 Å². The molecule has 2 aliphatic rings. The van der Waals surface area contributed by atoms with Gasteiger partial charge in [-0.15, -0.1) is 0 Å². The molecule has 1 heteroatoms. The zero-order valence-electron chi connectivity index (χ0n) is 8.92. The summed E-state index contributed by atoms with van der Waals surface area (Å²) in [7, 11) is 0. The average Bonchev–Trinajstić information content (AvgIpc) is 2.42. The second-order valence-electron chi connectivity index (χ2n) is 5.47. The van der Waals surface area contributed by atoms with E-state index in [0.717, 1.165) is 24.7 Å². The summed E-state index contributed by atoms with van der Waals surface area (Å²) in [4.78, 5) is 0. The van der Waals surface area contributed by atoms with Crippen LogP contribution in [0, 0.1) is 17.8 Å². The zero-order valence-corrected chi connectivity index (χ0v) is 8.92. The van der Waals surface area contributed by atoms with Crippen molar-refractivity contribution >= 4 is 0 Å². The predicted octanol–water partition coefficient (Wildman–Crippen LogP) is 2.97. The molecule has 0 aliphatic heterocycles. The summed E-state index contributed by atoms with van der Waals surface area (Å²) < 4.78 is 0. The van der Waals surface area contributed by atoms with E-state index in [-0.39, 0.29) is 5.60 Å². The van der Waals surface area contributed by atoms with Crippen LogP contribution >= 0.6 is 0 Å². The van der Waals surface area contributed by atoms with Crippen LogP contribution in [0.15, 0.2) is 0 Å². The van der Waals surface area contributed by atoms with Crippen LogP contribution in [0.2, 0.25) is 0 Å². The van der Waals surface area contributed by atoms with Gasteiger partial charge >= 0.3 is 0 Å². The molecule has 0 aromatic carbocycles. The fraction of sp³-hybridized carbons (Fsp3) is 1.00. The molecule has 0 saturated heterocycles. The Morgan fingerprint density at radius 3 is 1.92 bits per heavy atom. The number of rotatable bonds is 1. The monoisotopic (exact) mass is 182 g/mol. The summed E-state index contributed by atoms with van der Waals surface area (Å²) >= 11 is 0. The van der Waals surface area contributed by atoms with Gasteiger partial charge in [0.1, 0.15) is 0 Å². The summed E-state index contributed by atoms with van der Waals surface area (Å²) in [6.07, 6.45) is 7.70. The van der Waals surface area contributed by atoms with Crippen LogP contribution in [0.4, 0.5) is 0 Å². The van der Waals surface area contributed by atoms with Crippen molar-refractivity contribution in [3.63, 3.8) is 0 Å². The van der Waals surface area contributed by atoms with E-state index in [4.69, 9.17) is 0 Å². The molecule has 0 aromatic rings. The highest BCUT2D eigenvalue weighted by Crippen LogP contribution is 2.49. The van der Waals surface area contributed by atoms with E-state index < -0.39 is 0 Å². The molecule has 2 atom stereocenters. The van der Waals surface area contributed by atoms with Crippen LogP contribution in [0.25, 0.3) is 0 Å². The van der Waals surface area contributed by atoms with Gasteiger partial charge in [0.15, 0.2) is 0 Å². The maximum absolute atomic E-state index is 10.4. The lowest BCUT2D eigenvalue weighted by atomic mass is 9.82. The van der Waals surface area contributed by atoms with E-state index in [1.165, 1.54) is 25.7 Å². The Morgan fingerprint density at radius 2 is 1.54 bits per heavy atom. The van der Waals surface area contributed by atoms with Crippen LogP contribution < -0.4 is 0 Å². The van der Waals surface area contributed by atoms with Crippen molar-refractivity contribution in [1.29, 1.82) is 0 Å². The minimum atomic E-state index is -0.320. The Balaban J connectivity index is 2.05. The third-order valence-electron chi connectivity index (χ3n) is 4.37. The van der Waals surface area contributed by atoms with Crippen LogP contribution in [0.1, 0.15) is 52.4 Å². The summed E-state index contributed by atoms with van der Waals surface area (Å²) in [6.45, 7) is 4.33. The molecule has 0 amide bonds. The first-order chi connectivity index (χ1) is 6.12. The summed E-state index contributed by atoms with van der Waals surface area (Å²) in [5.74, 6) is 2.14. The molecule has 0 heterocycles. The van der Waals surface area contributed by atoms with Crippen molar-refractivity contribution in [2.45, 2.75) is 58.0 Å². The third-order valence-corrected chi connectivity index (χ3v) is 4.37. The Kier molecular flexibility index (Phi) is 2.39. The number of aliphatic hydroxyl groups is 1. The Bertz CT molecular complexity index is 172. The fourth-order valence-electron chi connectivity index (χ4n) is 3.28. The molecular formula is C12H22O. The molecule has 76 valence electrons. The van der Waals surface area contributed by atoms with Crippen molar-refractivity contribution in [3.8, 4) is 0 Å².